The van der Waals surface area contributed by atoms with E-state index < -0.39 is 5.69 Å². The highest BCUT2D eigenvalue weighted by Gasteiger charge is 2.26. The molecule has 3 rings (SSSR count). The maximum absolute atomic E-state index is 12.4. The lowest BCUT2D eigenvalue weighted by atomic mass is 10.0. The minimum atomic E-state index is -0.419. The second-order valence-corrected chi connectivity index (χ2v) is 4.50. The van der Waals surface area contributed by atoms with Crippen molar-refractivity contribution in [1.82, 2.24) is 9.97 Å². The van der Waals surface area contributed by atoms with Gasteiger partial charge in [0.2, 0.25) is 0 Å². The number of carbonyl (C=O) groups excluding carboxylic acids is 1. The molecule has 1 aliphatic heterocycles. The number of carbonyl (C=O) groups is 1. The Labute approximate surface area is 108 Å². The van der Waals surface area contributed by atoms with E-state index in [0.29, 0.717) is 12.2 Å². The molecular weight excluding hydrogens is 246 g/mol. The number of aromatic nitrogens is 2. The third-order valence-corrected chi connectivity index (χ3v) is 3.27. The minimum Gasteiger partial charge on any atom is -0.506 e. The molecule has 0 unspecified atom stereocenters. The van der Waals surface area contributed by atoms with Crippen LogP contribution in [0.15, 0.2) is 29.2 Å². The van der Waals surface area contributed by atoms with Crippen LogP contribution in [-0.4, -0.2) is 27.5 Å². The van der Waals surface area contributed by atoms with Gasteiger partial charge in [-0.3, -0.25) is 4.79 Å². The topological polar surface area (TPSA) is 89.2 Å². The largest absolute Gasteiger partial charge is 0.506 e. The molecule has 0 atom stereocenters. The number of phenols is 1. The quantitative estimate of drug-likeness (QED) is 0.713. The Balaban J connectivity index is 2.04. The van der Waals surface area contributed by atoms with Crippen LogP contribution in [0.2, 0.25) is 0 Å². The van der Waals surface area contributed by atoms with Gasteiger partial charge in [-0.25, -0.2) is 4.79 Å². The van der Waals surface area contributed by atoms with Crippen molar-refractivity contribution in [1.29, 1.82) is 0 Å². The number of hydrogen-bond donors (Lipinski definition) is 3. The lowest BCUT2D eigenvalue weighted by molar-refractivity contribution is 0.0980. The number of amides is 1. The first-order chi connectivity index (χ1) is 9.16. The van der Waals surface area contributed by atoms with E-state index in [1.807, 2.05) is 6.07 Å². The molecule has 0 fully saturated rings. The summed E-state index contributed by atoms with van der Waals surface area (Å²) in [6, 6.07) is 5.22. The van der Waals surface area contributed by atoms with E-state index in [1.165, 1.54) is 11.1 Å². The zero-order valence-electron chi connectivity index (χ0n) is 10.1. The Morgan fingerprint density at radius 3 is 2.95 bits per heavy atom. The van der Waals surface area contributed by atoms with Crippen LogP contribution in [0.25, 0.3) is 0 Å². The molecule has 1 aromatic heterocycles. The SMILES string of the molecule is O=C(c1c[nH]c(=O)[nH]1)N1CCCc2cccc(O)c21. The molecule has 0 spiro atoms. The molecular formula is C13H13N3O3. The van der Waals surface area contributed by atoms with Gasteiger partial charge in [0.25, 0.3) is 5.91 Å². The third kappa shape index (κ3) is 1.91. The van der Waals surface area contributed by atoms with Gasteiger partial charge in [0.05, 0.1) is 5.69 Å². The molecule has 6 nitrogen and oxygen atoms in total. The molecule has 2 heterocycles. The van der Waals surface area contributed by atoms with E-state index in [2.05, 4.69) is 9.97 Å². The molecule has 19 heavy (non-hydrogen) atoms. The second kappa shape index (κ2) is 4.31. The average Bonchev–Trinajstić information content (AvgIpc) is 2.84. The summed E-state index contributed by atoms with van der Waals surface area (Å²) in [5.41, 5.74) is 1.26. The number of aromatic hydroxyl groups is 1. The van der Waals surface area contributed by atoms with Gasteiger partial charge in [-0.05, 0) is 24.5 Å². The number of rotatable bonds is 1. The van der Waals surface area contributed by atoms with Crippen LogP contribution < -0.4 is 10.6 Å². The van der Waals surface area contributed by atoms with Crippen LogP contribution in [0.5, 0.6) is 5.75 Å². The second-order valence-electron chi connectivity index (χ2n) is 4.50. The van der Waals surface area contributed by atoms with Crippen LogP contribution in [0, 0.1) is 0 Å². The standard InChI is InChI=1S/C13H13N3O3/c17-10-5-1-3-8-4-2-6-16(11(8)10)12(18)9-7-14-13(19)15-9/h1,3,5,7,17H,2,4,6H2,(H2,14,15,19). The fraction of sp³-hybridized carbons (Fsp3) is 0.231. The van der Waals surface area contributed by atoms with Gasteiger partial charge in [0.15, 0.2) is 0 Å². The Morgan fingerprint density at radius 1 is 1.37 bits per heavy atom. The lowest BCUT2D eigenvalue weighted by Crippen LogP contribution is -2.36. The first-order valence-electron chi connectivity index (χ1n) is 6.07. The lowest BCUT2D eigenvalue weighted by Gasteiger charge is -2.29. The van der Waals surface area contributed by atoms with E-state index >= 15 is 0 Å². The van der Waals surface area contributed by atoms with Gasteiger partial charge in [-0.1, -0.05) is 12.1 Å². The van der Waals surface area contributed by atoms with Gasteiger partial charge in [0.1, 0.15) is 11.4 Å². The Bertz CT molecular complexity index is 686. The van der Waals surface area contributed by atoms with E-state index in [0.717, 1.165) is 18.4 Å². The molecule has 6 heteroatoms. The van der Waals surface area contributed by atoms with Crippen LogP contribution in [0.4, 0.5) is 5.69 Å². The molecule has 1 aliphatic rings. The number of nitrogens with zero attached hydrogens (tertiary/aromatic N) is 1. The number of anilines is 1. The minimum absolute atomic E-state index is 0.0865. The monoisotopic (exact) mass is 259 g/mol. The first kappa shape index (κ1) is 11.6. The number of benzene rings is 1. The molecule has 0 saturated heterocycles. The van der Waals surface area contributed by atoms with E-state index in [1.54, 1.807) is 12.1 Å². The number of imidazole rings is 1. The molecule has 1 aromatic carbocycles. The van der Waals surface area contributed by atoms with E-state index in [9.17, 15) is 14.7 Å². The van der Waals surface area contributed by atoms with Gasteiger partial charge in [-0.15, -0.1) is 0 Å². The number of para-hydroxylation sites is 1. The van der Waals surface area contributed by atoms with Crippen LogP contribution in [-0.2, 0) is 6.42 Å². The number of phenolic OH excluding ortho intramolecular Hbond substituents is 1. The van der Waals surface area contributed by atoms with Crippen molar-refractivity contribution < 1.29 is 9.90 Å². The molecule has 0 aliphatic carbocycles. The fourth-order valence-electron chi connectivity index (χ4n) is 2.43. The molecule has 3 N–H and O–H groups in total. The number of fused-ring (bicyclic) bond motifs is 1. The predicted octanol–water partition coefficient (Wildman–Crippen LogP) is 1.00. The average molecular weight is 259 g/mol. The maximum Gasteiger partial charge on any atom is 0.323 e. The van der Waals surface area contributed by atoms with E-state index in [4.69, 9.17) is 0 Å². The van der Waals surface area contributed by atoms with E-state index in [-0.39, 0.29) is 17.4 Å². The van der Waals surface area contributed by atoms with Crippen LogP contribution in [0.3, 0.4) is 0 Å². The summed E-state index contributed by atoms with van der Waals surface area (Å²) in [7, 11) is 0. The molecule has 2 aromatic rings. The van der Waals surface area contributed by atoms with Crippen molar-refractivity contribution in [2.75, 3.05) is 11.4 Å². The summed E-state index contributed by atoms with van der Waals surface area (Å²) in [5, 5.41) is 9.95. The summed E-state index contributed by atoms with van der Waals surface area (Å²) >= 11 is 0. The predicted molar refractivity (Wildman–Crippen MR) is 69.5 cm³/mol. The Morgan fingerprint density at radius 2 is 2.21 bits per heavy atom. The number of aromatic amines is 2. The molecule has 98 valence electrons. The van der Waals surface area contributed by atoms with Crippen molar-refractivity contribution in [3.63, 3.8) is 0 Å². The Kier molecular flexibility index (Phi) is 2.63. The van der Waals surface area contributed by atoms with Gasteiger partial charge >= 0.3 is 5.69 Å². The number of aryl methyl sites for hydroxylation is 1. The van der Waals surface area contributed by atoms with Crippen molar-refractivity contribution in [2.45, 2.75) is 12.8 Å². The highest BCUT2D eigenvalue weighted by atomic mass is 16.3. The first-order valence-corrected chi connectivity index (χ1v) is 6.07. The van der Waals surface area contributed by atoms with Crippen molar-refractivity contribution in [2.24, 2.45) is 0 Å². The van der Waals surface area contributed by atoms with Crippen molar-refractivity contribution >= 4 is 11.6 Å². The molecule has 0 saturated carbocycles. The molecule has 0 bridgehead atoms. The van der Waals surface area contributed by atoms with Crippen molar-refractivity contribution in [3.8, 4) is 5.75 Å². The van der Waals surface area contributed by atoms with Gasteiger partial charge in [0, 0.05) is 12.7 Å². The number of hydrogen-bond acceptors (Lipinski definition) is 3. The van der Waals surface area contributed by atoms with Crippen molar-refractivity contribution in [3.05, 3.63) is 46.1 Å². The fourth-order valence-corrected chi connectivity index (χ4v) is 2.43. The number of H-pyrrole nitrogens is 2. The summed E-state index contributed by atoms with van der Waals surface area (Å²) in [6.07, 6.45) is 3.01. The Hall–Kier alpha value is -2.50. The van der Waals surface area contributed by atoms with Gasteiger partial charge < -0.3 is 20.0 Å². The van der Waals surface area contributed by atoms with Gasteiger partial charge in [-0.2, -0.15) is 0 Å². The molecule has 1 amide bonds. The summed E-state index contributed by atoms with van der Waals surface area (Å²) in [5.74, 6) is -0.232. The summed E-state index contributed by atoms with van der Waals surface area (Å²) in [4.78, 5) is 29.8. The third-order valence-electron chi connectivity index (χ3n) is 3.27. The molecule has 0 radical (unpaired) electrons. The zero-order valence-corrected chi connectivity index (χ0v) is 10.1. The smallest absolute Gasteiger partial charge is 0.323 e. The highest BCUT2D eigenvalue weighted by molar-refractivity contribution is 6.06. The summed E-state index contributed by atoms with van der Waals surface area (Å²) in [6.45, 7) is 0.524. The normalized spacial score (nSPS) is 14.2. The van der Waals surface area contributed by atoms with Crippen LogP contribution >= 0.6 is 0 Å². The maximum atomic E-state index is 12.4. The summed E-state index contributed by atoms with van der Waals surface area (Å²) < 4.78 is 0. The van der Waals surface area contributed by atoms with Crippen LogP contribution in [0.1, 0.15) is 22.5 Å². The number of nitrogens with one attached hydrogen (secondary N) is 2. The zero-order chi connectivity index (χ0) is 13.4. The highest BCUT2D eigenvalue weighted by Crippen LogP contribution is 2.35.